The van der Waals surface area contributed by atoms with Gasteiger partial charge in [-0.2, -0.15) is 4.98 Å². The minimum absolute atomic E-state index is 0.657. The molecule has 1 fully saturated rings. The second-order valence-electron chi connectivity index (χ2n) is 3.97. The fourth-order valence-electron chi connectivity index (χ4n) is 1.94. The lowest BCUT2D eigenvalue weighted by Crippen LogP contribution is -2.43. The highest BCUT2D eigenvalue weighted by atomic mass is 79.9. The van der Waals surface area contributed by atoms with Gasteiger partial charge in [0.15, 0.2) is 5.58 Å². The van der Waals surface area contributed by atoms with Gasteiger partial charge in [-0.1, -0.05) is 11.6 Å². The smallest absolute Gasteiger partial charge is 0.298 e. The molecule has 0 bridgehead atoms. The average Bonchev–Trinajstić information content (AvgIpc) is 2.74. The normalized spacial score (nSPS) is 16.7. The first-order chi connectivity index (χ1) is 8.24. The van der Waals surface area contributed by atoms with Gasteiger partial charge < -0.3 is 14.6 Å². The maximum Gasteiger partial charge on any atom is 0.298 e. The fraction of sp³-hybridized carbons (Fsp3) is 0.364. The number of rotatable bonds is 1. The molecule has 0 spiro atoms. The van der Waals surface area contributed by atoms with Crippen molar-refractivity contribution in [1.82, 2.24) is 10.3 Å². The van der Waals surface area contributed by atoms with Crippen molar-refractivity contribution in [3.8, 4) is 0 Å². The lowest BCUT2D eigenvalue weighted by Gasteiger charge is -2.25. The molecule has 6 heteroatoms. The Hall–Kier alpha value is -0.780. The Morgan fingerprint density at radius 1 is 1.35 bits per heavy atom. The molecule has 1 aliphatic heterocycles. The molecule has 1 aromatic carbocycles. The van der Waals surface area contributed by atoms with E-state index in [4.69, 9.17) is 16.0 Å². The molecule has 0 atom stereocenters. The Morgan fingerprint density at radius 2 is 2.12 bits per heavy atom. The third-order valence-electron chi connectivity index (χ3n) is 2.79. The van der Waals surface area contributed by atoms with Gasteiger partial charge in [-0.15, -0.1) is 0 Å². The van der Waals surface area contributed by atoms with Crippen LogP contribution >= 0.6 is 27.5 Å². The van der Waals surface area contributed by atoms with Gasteiger partial charge in [0, 0.05) is 31.2 Å². The zero-order valence-corrected chi connectivity index (χ0v) is 11.4. The summed E-state index contributed by atoms with van der Waals surface area (Å²) < 4.78 is 6.62. The van der Waals surface area contributed by atoms with E-state index >= 15 is 0 Å². The zero-order valence-electron chi connectivity index (χ0n) is 9.04. The number of hydrogen-bond acceptors (Lipinski definition) is 4. The lowest BCUT2D eigenvalue weighted by atomic mass is 10.3. The van der Waals surface area contributed by atoms with E-state index in [9.17, 15) is 0 Å². The molecule has 1 aromatic heterocycles. The zero-order chi connectivity index (χ0) is 11.8. The van der Waals surface area contributed by atoms with Crippen LogP contribution in [0.25, 0.3) is 11.1 Å². The molecule has 1 aliphatic rings. The van der Waals surface area contributed by atoms with Crippen molar-refractivity contribution in [2.45, 2.75) is 0 Å². The van der Waals surface area contributed by atoms with Crippen LogP contribution < -0.4 is 10.2 Å². The van der Waals surface area contributed by atoms with E-state index in [1.807, 2.05) is 12.1 Å². The molecule has 1 N–H and O–H groups in total. The Labute approximate surface area is 112 Å². The summed E-state index contributed by atoms with van der Waals surface area (Å²) in [4.78, 5) is 6.61. The van der Waals surface area contributed by atoms with Crippen molar-refractivity contribution < 1.29 is 4.42 Å². The number of nitrogens with zero attached hydrogens (tertiary/aromatic N) is 2. The van der Waals surface area contributed by atoms with Crippen LogP contribution in [0.4, 0.5) is 6.01 Å². The first-order valence-corrected chi connectivity index (χ1v) is 6.62. The Morgan fingerprint density at radius 3 is 2.88 bits per heavy atom. The summed E-state index contributed by atoms with van der Waals surface area (Å²) in [6, 6.07) is 4.30. The molecule has 0 saturated carbocycles. The molecule has 90 valence electrons. The number of hydrogen-bond donors (Lipinski definition) is 1. The molecule has 4 nitrogen and oxygen atoms in total. The molecule has 0 unspecified atom stereocenters. The number of halogens is 2. The van der Waals surface area contributed by atoms with Gasteiger partial charge >= 0.3 is 0 Å². The lowest BCUT2D eigenvalue weighted by molar-refractivity contribution is 0.517. The number of anilines is 1. The Balaban J connectivity index is 2.03. The monoisotopic (exact) mass is 315 g/mol. The van der Waals surface area contributed by atoms with Crippen molar-refractivity contribution in [2.75, 3.05) is 31.1 Å². The van der Waals surface area contributed by atoms with Crippen molar-refractivity contribution >= 4 is 44.6 Å². The molecule has 0 radical (unpaired) electrons. The first-order valence-electron chi connectivity index (χ1n) is 5.45. The van der Waals surface area contributed by atoms with E-state index in [-0.39, 0.29) is 0 Å². The quantitative estimate of drug-likeness (QED) is 0.878. The number of nitrogens with one attached hydrogen (secondary N) is 1. The predicted octanol–water partition coefficient (Wildman–Crippen LogP) is 2.65. The van der Waals surface area contributed by atoms with Crippen LogP contribution in [0.2, 0.25) is 5.02 Å². The largest absolute Gasteiger partial charge is 0.422 e. The molecule has 17 heavy (non-hydrogen) atoms. The third kappa shape index (κ3) is 2.14. The summed E-state index contributed by atoms with van der Waals surface area (Å²) in [5.74, 6) is 0. The van der Waals surface area contributed by atoms with E-state index in [1.54, 1.807) is 0 Å². The summed E-state index contributed by atoms with van der Waals surface area (Å²) in [6.07, 6.45) is 0. The minimum atomic E-state index is 0.657. The number of piperazine rings is 1. The maximum atomic E-state index is 5.98. The summed E-state index contributed by atoms with van der Waals surface area (Å²) in [6.45, 7) is 3.75. The van der Waals surface area contributed by atoms with Crippen LogP contribution in [0, 0.1) is 0 Å². The maximum absolute atomic E-state index is 5.98. The molecule has 1 saturated heterocycles. The minimum Gasteiger partial charge on any atom is -0.422 e. The standard InChI is InChI=1S/C11H11BrClN3O/c12-8-5-7(13)6-9-10(8)17-11(15-9)16-3-1-14-2-4-16/h5-6,14H,1-4H2. The van der Waals surface area contributed by atoms with Crippen LogP contribution in [-0.4, -0.2) is 31.2 Å². The summed E-state index contributed by atoms with van der Waals surface area (Å²) in [7, 11) is 0. The van der Waals surface area contributed by atoms with Crippen LogP contribution in [0.1, 0.15) is 0 Å². The molecular formula is C11H11BrClN3O. The molecule has 3 rings (SSSR count). The third-order valence-corrected chi connectivity index (χ3v) is 3.59. The van der Waals surface area contributed by atoms with Crippen molar-refractivity contribution in [3.63, 3.8) is 0 Å². The van der Waals surface area contributed by atoms with Gasteiger partial charge in [-0.3, -0.25) is 0 Å². The van der Waals surface area contributed by atoms with Crippen LogP contribution in [-0.2, 0) is 0 Å². The van der Waals surface area contributed by atoms with Crippen molar-refractivity contribution in [1.29, 1.82) is 0 Å². The van der Waals surface area contributed by atoms with E-state index in [0.717, 1.165) is 41.8 Å². The van der Waals surface area contributed by atoms with Crippen molar-refractivity contribution in [2.24, 2.45) is 0 Å². The summed E-state index contributed by atoms with van der Waals surface area (Å²) >= 11 is 9.42. The highest BCUT2D eigenvalue weighted by Gasteiger charge is 2.17. The van der Waals surface area contributed by atoms with Gasteiger partial charge in [0.05, 0.1) is 4.47 Å². The van der Waals surface area contributed by atoms with Gasteiger partial charge in [-0.05, 0) is 28.1 Å². The van der Waals surface area contributed by atoms with E-state index < -0.39 is 0 Å². The highest BCUT2D eigenvalue weighted by Crippen LogP contribution is 2.31. The van der Waals surface area contributed by atoms with Crippen LogP contribution in [0.5, 0.6) is 0 Å². The molecule has 0 aliphatic carbocycles. The first kappa shape index (κ1) is 11.3. The average molecular weight is 317 g/mol. The fourth-order valence-corrected chi connectivity index (χ4v) is 2.81. The summed E-state index contributed by atoms with van der Waals surface area (Å²) in [5.41, 5.74) is 1.54. The number of aromatic nitrogens is 1. The molecule has 0 amide bonds. The van der Waals surface area contributed by atoms with Gasteiger partial charge in [0.2, 0.25) is 0 Å². The van der Waals surface area contributed by atoms with E-state index in [2.05, 4.69) is 31.1 Å². The van der Waals surface area contributed by atoms with E-state index in [1.165, 1.54) is 0 Å². The van der Waals surface area contributed by atoms with Crippen molar-refractivity contribution in [3.05, 3.63) is 21.6 Å². The molecule has 2 aromatic rings. The van der Waals surface area contributed by atoms with Crippen LogP contribution in [0.15, 0.2) is 21.0 Å². The van der Waals surface area contributed by atoms with Gasteiger partial charge in [0.25, 0.3) is 6.01 Å². The summed E-state index contributed by atoms with van der Waals surface area (Å²) in [5, 5.41) is 3.95. The SMILES string of the molecule is Clc1cc(Br)c2oc(N3CCNCC3)nc2c1. The Bertz CT molecular complexity index is 551. The van der Waals surface area contributed by atoms with Gasteiger partial charge in [-0.25, -0.2) is 0 Å². The highest BCUT2D eigenvalue weighted by molar-refractivity contribution is 9.10. The number of oxazole rings is 1. The van der Waals surface area contributed by atoms with Gasteiger partial charge in [0.1, 0.15) is 5.52 Å². The van der Waals surface area contributed by atoms with E-state index in [0.29, 0.717) is 11.0 Å². The second-order valence-corrected chi connectivity index (χ2v) is 5.26. The molecular weight excluding hydrogens is 305 g/mol. The van der Waals surface area contributed by atoms with Crippen LogP contribution in [0.3, 0.4) is 0 Å². The Kier molecular flexibility index (Phi) is 2.98. The number of fused-ring (bicyclic) bond motifs is 1. The number of benzene rings is 1. The predicted molar refractivity (Wildman–Crippen MR) is 71.8 cm³/mol. The second kappa shape index (κ2) is 4.48. The topological polar surface area (TPSA) is 41.3 Å². The molecule has 2 heterocycles.